The smallest absolute Gasteiger partial charge is 0.309 e. The molecule has 1 aromatic carbocycles. The maximum atomic E-state index is 11.9. The topological polar surface area (TPSA) is 70.7 Å². The number of carbonyl (C=O) groups is 2. The van der Waals surface area contributed by atoms with Crippen LogP contribution in [0, 0.1) is 0 Å². The van der Waals surface area contributed by atoms with Crippen molar-refractivity contribution in [2.45, 2.75) is 33.2 Å². The molecule has 0 aliphatic rings. The Morgan fingerprint density at radius 2 is 1.75 bits per heavy atom. The van der Waals surface area contributed by atoms with Crippen LogP contribution < -0.4 is 15.4 Å². The van der Waals surface area contributed by atoms with Gasteiger partial charge in [0.1, 0.15) is 5.75 Å². The highest BCUT2D eigenvalue weighted by Crippen LogP contribution is 2.16. The number of ether oxygens (including phenoxy) is 1. The molecule has 1 atom stereocenters. The molecule has 1 unspecified atom stereocenters. The SMILES string of the molecule is CCN(CC)CCCNC(=O)C(=O)NC(C)c1ccc(OC)cc1. The van der Waals surface area contributed by atoms with Crippen LogP contribution in [0.15, 0.2) is 24.3 Å². The third-order valence-electron chi connectivity index (χ3n) is 4.00. The van der Waals surface area contributed by atoms with Crippen LogP contribution in [-0.2, 0) is 9.59 Å². The summed E-state index contributed by atoms with van der Waals surface area (Å²) in [7, 11) is 1.60. The zero-order chi connectivity index (χ0) is 17.9. The number of amides is 2. The Bertz CT molecular complexity index is 513. The van der Waals surface area contributed by atoms with E-state index in [4.69, 9.17) is 4.74 Å². The predicted molar refractivity (Wildman–Crippen MR) is 95.0 cm³/mol. The highest BCUT2D eigenvalue weighted by Gasteiger charge is 2.16. The second-order valence-corrected chi connectivity index (χ2v) is 5.60. The van der Waals surface area contributed by atoms with E-state index < -0.39 is 11.8 Å². The third kappa shape index (κ3) is 6.58. The second-order valence-electron chi connectivity index (χ2n) is 5.60. The van der Waals surface area contributed by atoms with Crippen molar-refractivity contribution >= 4 is 11.8 Å². The molecule has 6 nitrogen and oxygen atoms in total. The van der Waals surface area contributed by atoms with Crippen molar-refractivity contribution in [3.63, 3.8) is 0 Å². The number of hydrogen-bond donors (Lipinski definition) is 2. The molecule has 0 radical (unpaired) electrons. The van der Waals surface area contributed by atoms with Crippen molar-refractivity contribution in [1.29, 1.82) is 0 Å². The van der Waals surface area contributed by atoms with E-state index >= 15 is 0 Å². The Balaban J connectivity index is 2.36. The van der Waals surface area contributed by atoms with Gasteiger partial charge in [-0.1, -0.05) is 26.0 Å². The molecule has 24 heavy (non-hydrogen) atoms. The van der Waals surface area contributed by atoms with Gasteiger partial charge in [-0.2, -0.15) is 0 Å². The summed E-state index contributed by atoms with van der Waals surface area (Å²) in [5.74, 6) is -0.445. The van der Waals surface area contributed by atoms with Gasteiger partial charge in [-0.25, -0.2) is 0 Å². The monoisotopic (exact) mass is 335 g/mol. The average Bonchev–Trinajstić information content (AvgIpc) is 2.61. The molecule has 0 fully saturated rings. The summed E-state index contributed by atoms with van der Waals surface area (Å²) in [6.07, 6.45) is 0.828. The summed E-state index contributed by atoms with van der Waals surface area (Å²) in [6, 6.07) is 7.14. The van der Waals surface area contributed by atoms with Crippen LogP contribution in [0.1, 0.15) is 38.8 Å². The Morgan fingerprint density at radius 3 is 2.29 bits per heavy atom. The molecule has 0 aliphatic heterocycles. The van der Waals surface area contributed by atoms with Gasteiger partial charge in [0.05, 0.1) is 13.2 Å². The summed E-state index contributed by atoms with van der Waals surface area (Å²) in [5.41, 5.74) is 0.915. The van der Waals surface area contributed by atoms with Crippen LogP contribution in [0.2, 0.25) is 0 Å². The summed E-state index contributed by atoms with van der Waals surface area (Å²) in [6.45, 7) is 9.45. The molecular weight excluding hydrogens is 306 g/mol. The minimum absolute atomic E-state index is 0.246. The van der Waals surface area contributed by atoms with E-state index in [1.807, 2.05) is 31.2 Å². The number of nitrogens with zero attached hydrogens (tertiary/aromatic N) is 1. The van der Waals surface area contributed by atoms with Gasteiger partial charge in [-0.05, 0) is 50.7 Å². The maximum Gasteiger partial charge on any atom is 0.309 e. The molecule has 6 heteroatoms. The van der Waals surface area contributed by atoms with E-state index in [-0.39, 0.29) is 6.04 Å². The first kappa shape index (κ1) is 20.0. The van der Waals surface area contributed by atoms with Gasteiger partial charge in [-0.3, -0.25) is 9.59 Å². The van der Waals surface area contributed by atoms with Crippen molar-refractivity contribution in [3.8, 4) is 5.75 Å². The molecule has 0 saturated heterocycles. The van der Waals surface area contributed by atoms with E-state index in [9.17, 15) is 9.59 Å². The van der Waals surface area contributed by atoms with Crippen LogP contribution in [0.4, 0.5) is 0 Å². The lowest BCUT2D eigenvalue weighted by Gasteiger charge is -2.18. The van der Waals surface area contributed by atoms with Crippen molar-refractivity contribution < 1.29 is 14.3 Å². The van der Waals surface area contributed by atoms with Gasteiger partial charge >= 0.3 is 11.8 Å². The predicted octanol–water partition coefficient (Wildman–Crippen LogP) is 1.72. The molecule has 1 aromatic rings. The van der Waals surface area contributed by atoms with E-state index in [0.29, 0.717) is 6.54 Å². The van der Waals surface area contributed by atoms with Crippen molar-refractivity contribution in [2.75, 3.05) is 33.3 Å². The van der Waals surface area contributed by atoms with Crippen LogP contribution in [0.5, 0.6) is 5.75 Å². The minimum atomic E-state index is -0.610. The van der Waals surface area contributed by atoms with E-state index in [2.05, 4.69) is 29.4 Å². The summed E-state index contributed by atoms with van der Waals surface area (Å²) < 4.78 is 5.10. The van der Waals surface area contributed by atoms with Gasteiger partial charge in [0.2, 0.25) is 0 Å². The van der Waals surface area contributed by atoms with Crippen LogP contribution >= 0.6 is 0 Å². The third-order valence-corrected chi connectivity index (χ3v) is 4.00. The van der Waals surface area contributed by atoms with Gasteiger partial charge in [-0.15, -0.1) is 0 Å². The van der Waals surface area contributed by atoms with Crippen molar-refractivity contribution in [3.05, 3.63) is 29.8 Å². The summed E-state index contributed by atoms with van der Waals surface area (Å²) in [4.78, 5) is 26.0. The molecule has 0 aromatic heterocycles. The van der Waals surface area contributed by atoms with Gasteiger partial charge < -0.3 is 20.3 Å². The fourth-order valence-electron chi connectivity index (χ4n) is 2.36. The number of nitrogens with one attached hydrogen (secondary N) is 2. The Hall–Kier alpha value is -2.08. The Morgan fingerprint density at radius 1 is 1.12 bits per heavy atom. The minimum Gasteiger partial charge on any atom is -0.497 e. The Kier molecular flexibility index (Phi) is 8.86. The fourth-order valence-corrected chi connectivity index (χ4v) is 2.36. The number of carbonyl (C=O) groups excluding carboxylic acids is 2. The fraction of sp³-hybridized carbons (Fsp3) is 0.556. The lowest BCUT2D eigenvalue weighted by Crippen LogP contribution is -2.41. The lowest BCUT2D eigenvalue weighted by molar-refractivity contribution is -0.139. The van der Waals surface area contributed by atoms with Gasteiger partial charge in [0.25, 0.3) is 0 Å². The second kappa shape index (κ2) is 10.6. The molecule has 2 amide bonds. The first-order valence-corrected chi connectivity index (χ1v) is 8.46. The van der Waals surface area contributed by atoms with Crippen molar-refractivity contribution in [2.24, 2.45) is 0 Å². The molecule has 0 saturated carbocycles. The number of hydrogen-bond acceptors (Lipinski definition) is 4. The molecule has 134 valence electrons. The normalized spacial score (nSPS) is 11.9. The molecule has 0 aliphatic carbocycles. The lowest BCUT2D eigenvalue weighted by atomic mass is 10.1. The van der Waals surface area contributed by atoms with Gasteiger partial charge in [0, 0.05) is 6.54 Å². The first-order chi connectivity index (χ1) is 11.5. The average molecular weight is 335 g/mol. The van der Waals surface area contributed by atoms with E-state index in [1.165, 1.54) is 0 Å². The summed E-state index contributed by atoms with van der Waals surface area (Å²) >= 11 is 0. The highest BCUT2D eigenvalue weighted by atomic mass is 16.5. The van der Waals surface area contributed by atoms with E-state index in [0.717, 1.165) is 37.4 Å². The number of methoxy groups -OCH3 is 1. The summed E-state index contributed by atoms with van der Waals surface area (Å²) in [5, 5.41) is 5.37. The zero-order valence-electron chi connectivity index (χ0n) is 15.1. The maximum absolute atomic E-state index is 11.9. The molecule has 0 heterocycles. The van der Waals surface area contributed by atoms with Crippen LogP contribution in [0.25, 0.3) is 0 Å². The quantitative estimate of drug-likeness (QED) is 0.532. The number of rotatable bonds is 9. The Labute approximate surface area is 144 Å². The molecular formula is C18H29N3O3. The van der Waals surface area contributed by atoms with Crippen LogP contribution in [0.3, 0.4) is 0 Å². The molecule has 0 spiro atoms. The zero-order valence-corrected chi connectivity index (χ0v) is 15.1. The highest BCUT2D eigenvalue weighted by molar-refractivity contribution is 6.35. The van der Waals surface area contributed by atoms with Crippen molar-refractivity contribution in [1.82, 2.24) is 15.5 Å². The van der Waals surface area contributed by atoms with Gasteiger partial charge in [0.15, 0.2) is 0 Å². The van der Waals surface area contributed by atoms with E-state index in [1.54, 1.807) is 7.11 Å². The molecule has 0 bridgehead atoms. The van der Waals surface area contributed by atoms with Crippen LogP contribution in [-0.4, -0.2) is 50.0 Å². The molecule has 1 rings (SSSR count). The molecule has 2 N–H and O–H groups in total. The number of benzene rings is 1. The first-order valence-electron chi connectivity index (χ1n) is 8.46. The standard InChI is InChI=1S/C18H29N3O3/c1-5-21(6-2)13-7-12-19-17(22)18(23)20-14(3)15-8-10-16(24-4)11-9-15/h8-11,14H,5-7,12-13H2,1-4H3,(H,19,22)(H,20,23). The largest absolute Gasteiger partial charge is 0.497 e.